The van der Waals surface area contributed by atoms with Gasteiger partial charge in [0.25, 0.3) is 0 Å². The van der Waals surface area contributed by atoms with Crippen LogP contribution in [0.15, 0.2) is 67.0 Å². The molecule has 1 fully saturated rings. The third kappa shape index (κ3) is 5.37. The highest BCUT2D eigenvalue weighted by Gasteiger charge is 2.28. The Kier molecular flexibility index (Phi) is 6.52. The van der Waals surface area contributed by atoms with Gasteiger partial charge in [-0.3, -0.25) is 9.78 Å². The van der Waals surface area contributed by atoms with Gasteiger partial charge in [-0.1, -0.05) is 12.1 Å². The zero-order valence-electron chi connectivity index (χ0n) is 19.6. The molecule has 1 atom stereocenters. The lowest BCUT2D eigenvalue weighted by Crippen LogP contribution is -2.32. The lowest BCUT2D eigenvalue weighted by molar-refractivity contribution is -0.129. The molecule has 8 nitrogen and oxygen atoms in total. The van der Waals surface area contributed by atoms with Crippen molar-refractivity contribution in [2.24, 2.45) is 0 Å². The van der Waals surface area contributed by atoms with Gasteiger partial charge in [0.1, 0.15) is 17.6 Å². The van der Waals surface area contributed by atoms with Crippen LogP contribution in [-0.2, 0) is 24.3 Å². The Morgan fingerprint density at radius 2 is 1.71 bits per heavy atom. The third-order valence-corrected chi connectivity index (χ3v) is 6.43. The smallest absolute Gasteiger partial charge is 0.322 e. The number of fused-ring (bicyclic) bond motifs is 1. The number of aromatic nitrogens is 1. The van der Waals surface area contributed by atoms with Crippen LogP contribution < -0.4 is 14.8 Å². The van der Waals surface area contributed by atoms with Crippen LogP contribution >= 0.6 is 0 Å². The van der Waals surface area contributed by atoms with E-state index in [2.05, 4.69) is 10.3 Å². The van der Waals surface area contributed by atoms with Crippen LogP contribution in [0.4, 0.5) is 10.5 Å². The number of carbonyl (C=O) groups excluding carboxylic acids is 2. The molecule has 0 bridgehead atoms. The van der Waals surface area contributed by atoms with Crippen LogP contribution in [0.3, 0.4) is 0 Å². The van der Waals surface area contributed by atoms with Crippen molar-refractivity contribution < 1.29 is 19.1 Å². The molecule has 0 saturated carbocycles. The molecule has 8 heteroatoms. The van der Waals surface area contributed by atoms with Crippen LogP contribution in [0.25, 0.3) is 0 Å². The summed E-state index contributed by atoms with van der Waals surface area (Å²) in [6, 6.07) is 16.7. The molecule has 0 aliphatic carbocycles. The van der Waals surface area contributed by atoms with E-state index in [1.807, 2.05) is 65.7 Å². The van der Waals surface area contributed by atoms with E-state index >= 15 is 0 Å². The normalized spacial score (nSPS) is 16.7. The Balaban J connectivity index is 1.09. The number of amides is 3. The molecule has 2 aliphatic heterocycles. The van der Waals surface area contributed by atoms with E-state index in [0.717, 1.165) is 34.6 Å². The van der Waals surface area contributed by atoms with Gasteiger partial charge < -0.3 is 24.6 Å². The lowest BCUT2D eigenvalue weighted by atomic mass is 10.1. The summed E-state index contributed by atoms with van der Waals surface area (Å²) in [4.78, 5) is 33.1. The van der Waals surface area contributed by atoms with Crippen molar-refractivity contribution in [2.45, 2.75) is 32.0 Å². The third-order valence-electron chi connectivity index (χ3n) is 6.43. The van der Waals surface area contributed by atoms with E-state index in [-0.39, 0.29) is 18.0 Å². The highest BCUT2D eigenvalue weighted by Crippen LogP contribution is 2.24. The Morgan fingerprint density at radius 1 is 0.971 bits per heavy atom. The number of ether oxygens (including phenoxy) is 2. The molecule has 2 aliphatic rings. The summed E-state index contributed by atoms with van der Waals surface area (Å²) >= 11 is 0. The molecule has 1 N–H and O–H groups in total. The second-order valence-electron chi connectivity index (χ2n) is 8.85. The predicted octanol–water partition coefficient (Wildman–Crippen LogP) is 3.86. The van der Waals surface area contributed by atoms with Crippen LogP contribution in [0.2, 0.25) is 0 Å². The second kappa shape index (κ2) is 10.0. The number of nitrogens with one attached hydrogen (secondary N) is 1. The molecule has 1 aromatic heterocycles. The average molecular weight is 473 g/mol. The Bertz CT molecular complexity index is 1170. The van der Waals surface area contributed by atoms with Crippen molar-refractivity contribution in [1.29, 1.82) is 0 Å². The van der Waals surface area contributed by atoms with Crippen LogP contribution in [-0.4, -0.2) is 53.0 Å². The van der Waals surface area contributed by atoms with Gasteiger partial charge in [0.2, 0.25) is 5.91 Å². The summed E-state index contributed by atoms with van der Waals surface area (Å²) in [6.07, 6.45) is 4.67. The maximum absolute atomic E-state index is 12.7. The molecule has 5 rings (SSSR count). The topological polar surface area (TPSA) is 84.0 Å². The number of benzene rings is 2. The number of pyridine rings is 1. The first-order valence-electron chi connectivity index (χ1n) is 11.7. The molecule has 3 aromatic rings. The summed E-state index contributed by atoms with van der Waals surface area (Å²) in [5.41, 5.74) is 3.89. The number of rotatable bonds is 6. The van der Waals surface area contributed by atoms with Gasteiger partial charge in [-0.05, 0) is 59.2 Å². The predicted molar refractivity (Wildman–Crippen MR) is 131 cm³/mol. The van der Waals surface area contributed by atoms with E-state index in [1.165, 1.54) is 0 Å². The molecule has 1 unspecified atom stereocenters. The molecule has 1 saturated heterocycles. The number of methoxy groups -OCH3 is 1. The zero-order valence-corrected chi connectivity index (χ0v) is 19.6. The fourth-order valence-corrected chi connectivity index (χ4v) is 4.46. The Labute approximate surface area is 204 Å². The number of likely N-dealkylation sites (tertiary alicyclic amines) is 1. The number of hydrogen-bond acceptors (Lipinski definition) is 5. The van der Waals surface area contributed by atoms with Crippen molar-refractivity contribution >= 4 is 17.6 Å². The molecule has 0 spiro atoms. The maximum atomic E-state index is 12.7. The monoisotopic (exact) mass is 472 g/mol. The average Bonchev–Trinajstić information content (AvgIpc) is 3.53. The van der Waals surface area contributed by atoms with Gasteiger partial charge in [0.05, 0.1) is 20.1 Å². The van der Waals surface area contributed by atoms with E-state index in [4.69, 9.17) is 9.47 Å². The maximum Gasteiger partial charge on any atom is 0.322 e. The van der Waals surface area contributed by atoms with Gasteiger partial charge in [0.15, 0.2) is 0 Å². The number of anilines is 1. The number of nitrogens with zero attached hydrogens (tertiary/aromatic N) is 3. The van der Waals surface area contributed by atoms with Crippen molar-refractivity contribution in [3.63, 3.8) is 0 Å². The number of hydrogen-bond donors (Lipinski definition) is 1. The van der Waals surface area contributed by atoms with E-state index < -0.39 is 0 Å². The second-order valence-corrected chi connectivity index (χ2v) is 8.85. The summed E-state index contributed by atoms with van der Waals surface area (Å²) in [5, 5.41) is 2.94. The van der Waals surface area contributed by atoms with E-state index in [9.17, 15) is 9.59 Å². The molecule has 3 heterocycles. The van der Waals surface area contributed by atoms with Gasteiger partial charge in [-0.2, -0.15) is 0 Å². The van der Waals surface area contributed by atoms with Crippen molar-refractivity contribution in [3.8, 4) is 11.5 Å². The first-order chi connectivity index (χ1) is 17.1. The summed E-state index contributed by atoms with van der Waals surface area (Å²) in [6.45, 7) is 2.39. The fraction of sp³-hybridized carbons (Fsp3) is 0.296. The molecule has 180 valence electrons. The minimum atomic E-state index is -0.142. The summed E-state index contributed by atoms with van der Waals surface area (Å²) in [7, 11) is 1.63. The molecule has 35 heavy (non-hydrogen) atoms. The van der Waals surface area contributed by atoms with Crippen LogP contribution in [0, 0.1) is 0 Å². The Hall–Kier alpha value is -4.07. The molecule has 2 aromatic carbocycles. The standard InChI is InChI=1S/C27H28N4O4/c1-34-23-6-2-19(3-7-23)14-26(32)30-13-11-25(18-30)35-24-8-4-22(5-9-24)29-27(33)31-16-20-10-12-28-15-21(20)17-31/h2-10,12,15,25H,11,13-14,16-18H2,1H3,(H,29,33). The highest BCUT2D eigenvalue weighted by molar-refractivity contribution is 5.89. The van der Waals surface area contributed by atoms with Gasteiger partial charge in [-0.25, -0.2) is 4.79 Å². The minimum absolute atomic E-state index is 0.0491. The van der Waals surface area contributed by atoms with E-state index in [1.54, 1.807) is 18.2 Å². The number of urea groups is 1. The first-order valence-corrected chi connectivity index (χ1v) is 11.7. The Morgan fingerprint density at radius 3 is 2.46 bits per heavy atom. The fourth-order valence-electron chi connectivity index (χ4n) is 4.46. The summed E-state index contributed by atoms with van der Waals surface area (Å²) in [5.74, 6) is 1.59. The minimum Gasteiger partial charge on any atom is -0.497 e. The van der Waals surface area contributed by atoms with Gasteiger partial charge in [0, 0.05) is 44.1 Å². The zero-order chi connectivity index (χ0) is 24.2. The SMILES string of the molecule is COc1ccc(CC(=O)N2CCC(Oc3ccc(NC(=O)N4Cc5ccncc5C4)cc3)C2)cc1. The van der Waals surface area contributed by atoms with Crippen molar-refractivity contribution in [2.75, 3.05) is 25.5 Å². The van der Waals surface area contributed by atoms with Crippen molar-refractivity contribution in [3.05, 3.63) is 83.7 Å². The largest absolute Gasteiger partial charge is 0.497 e. The van der Waals surface area contributed by atoms with Gasteiger partial charge in [-0.15, -0.1) is 0 Å². The molecular weight excluding hydrogens is 444 g/mol. The van der Waals surface area contributed by atoms with Crippen LogP contribution in [0.5, 0.6) is 11.5 Å². The van der Waals surface area contributed by atoms with Crippen LogP contribution in [0.1, 0.15) is 23.1 Å². The molecule has 0 radical (unpaired) electrons. The number of carbonyl (C=O) groups is 2. The molecule has 3 amide bonds. The molecular formula is C27H28N4O4. The quantitative estimate of drug-likeness (QED) is 0.589. The van der Waals surface area contributed by atoms with Crippen molar-refractivity contribution in [1.82, 2.24) is 14.8 Å². The summed E-state index contributed by atoms with van der Waals surface area (Å²) < 4.78 is 11.3. The lowest BCUT2D eigenvalue weighted by Gasteiger charge is -2.18. The van der Waals surface area contributed by atoms with Gasteiger partial charge >= 0.3 is 6.03 Å². The van der Waals surface area contributed by atoms with E-state index in [0.29, 0.717) is 38.3 Å². The first kappa shape index (κ1) is 22.7. The highest BCUT2D eigenvalue weighted by atomic mass is 16.5.